The number of anilines is 1. The minimum atomic E-state index is 0.490. The molecule has 0 unspecified atom stereocenters. The van der Waals surface area contributed by atoms with Crippen molar-refractivity contribution in [3.8, 4) is 11.3 Å². The second kappa shape index (κ2) is 4.17. The van der Waals surface area contributed by atoms with E-state index in [1.54, 1.807) is 0 Å². The summed E-state index contributed by atoms with van der Waals surface area (Å²) in [6, 6.07) is 7.81. The third kappa shape index (κ3) is 1.67. The van der Waals surface area contributed by atoms with E-state index in [1.807, 2.05) is 31.2 Å². The van der Waals surface area contributed by atoms with E-state index in [-0.39, 0.29) is 0 Å². The molecule has 16 heavy (non-hydrogen) atoms. The molecule has 0 amide bonds. The zero-order valence-corrected chi connectivity index (χ0v) is 10.5. The lowest BCUT2D eigenvalue weighted by Crippen LogP contribution is -2.14. The van der Waals surface area contributed by atoms with E-state index in [1.165, 1.54) is 4.68 Å². The summed E-state index contributed by atoms with van der Waals surface area (Å²) in [6.07, 6.45) is 0.755. The third-order valence-electron chi connectivity index (χ3n) is 2.47. The Bertz CT molecular complexity index is 519. The van der Waals surface area contributed by atoms with Gasteiger partial charge in [0.05, 0.1) is 0 Å². The lowest BCUT2D eigenvalue weighted by Gasteiger charge is -2.02. The predicted molar refractivity (Wildman–Crippen MR) is 69.3 cm³/mol. The minimum Gasteiger partial charge on any atom is -0.382 e. The van der Waals surface area contributed by atoms with Crippen LogP contribution in [-0.4, -0.2) is 9.66 Å². The van der Waals surface area contributed by atoms with Crippen LogP contribution in [0.2, 0.25) is 0 Å². The third-order valence-corrected chi connectivity index (χ3v) is 3.16. The number of hydrogen-bond acceptors (Lipinski definition) is 3. The van der Waals surface area contributed by atoms with Crippen LogP contribution in [0.5, 0.6) is 0 Å². The van der Waals surface area contributed by atoms with Crippen molar-refractivity contribution in [2.24, 2.45) is 0 Å². The number of aryl methyl sites for hydroxylation is 1. The first kappa shape index (κ1) is 11.0. The van der Waals surface area contributed by atoms with E-state index in [2.05, 4.69) is 20.9 Å². The molecular formula is C11H13BrN4. The second-order valence-electron chi connectivity index (χ2n) is 3.47. The standard InChI is InChI=1S/C11H13BrN4/c1-2-9-15-10(11(13)16(9)14)7-5-3-4-6-8(7)12/h3-6H,2,13-14H2,1H3. The van der Waals surface area contributed by atoms with Crippen LogP contribution < -0.4 is 11.6 Å². The number of aromatic nitrogens is 2. The van der Waals surface area contributed by atoms with Gasteiger partial charge in [0.2, 0.25) is 0 Å². The van der Waals surface area contributed by atoms with Crippen molar-refractivity contribution in [1.29, 1.82) is 0 Å². The Morgan fingerprint density at radius 2 is 2.06 bits per heavy atom. The van der Waals surface area contributed by atoms with Crippen molar-refractivity contribution in [2.45, 2.75) is 13.3 Å². The number of nitrogens with zero attached hydrogens (tertiary/aromatic N) is 2. The number of halogens is 1. The summed E-state index contributed by atoms with van der Waals surface area (Å²) < 4.78 is 2.40. The van der Waals surface area contributed by atoms with Crippen LogP contribution in [0.25, 0.3) is 11.3 Å². The van der Waals surface area contributed by atoms with Crippen LogP contribution in [0.3, 0.4) is 0 Å². The Labute approximate surface area is 102 Å². The average molecular weight is 281 g/mol. The highest BCUT2D eigenvalue weighted by Gasteiger charge is 2.14. The van der Waals surface area contributed by atoms with Crippen molar-refractivity contribution in [2.75, 3.05) is 11.6 Å². The first-order valence-electron chi connectivity index (χ1n) is 5.02. The van der Waals surface area contributed by atoms with Crippen LogP contribution in [0.1, 0.15) is 12.7 Å². The molecule has 0 saturated carbocycles. The van der Waals surface area contributed by atoms with Crippen LogP contribution in [0, 0.1) is 0 Å². The zero-order chi connectivity index (χ0) is 11.7. The van der Waals surface area contributed by atoms with Gasteiger partial charge >= 0.3 is 0 Å². The molecule has 1 heterocycles. The van der Waals surface area contributed by atoms with Crippen molar-refractivity contribution in [3.63, 3.8) is 0 Å². The molecule has 4 N–H and O–H groups in total. The van der Waals surface area contributed by atoms with Gasteiger partial charge in [0.1, 0.15) is 11.5 Å². The monoisotopic (exact) mass is 280 g/mol. The number of nitrogens with two attached hydrogens (primary N) is 2. The van der Waals surface area contributed by atoms with Gasteiger partial charge in [-0.1, -0.05) is 41.1 Å². The number of nitrogen functional groups attached to an aromatic ring is 2. The molecule has 0 spiro atoms. The van der Waals surface area contributed by atoms with E-state index in [9.17, 15) is 0 Å². The first-order valence-corrected chi connectivity index (χ1v) is 5.81. The highest BCUT2D eigenvalue weighted by molar-refractivity contribution is 9.10. The lowest BCUT2D eigenvalue weighted by atomic mass is 10.1. The van der Waals surface area contributed by atoms with E-state index in [0.717, 1.165) is 28.0 Å². The SMILES string of the molecule is CCc1nc(-c2ccccc2Br)c(N)n1N. The Morgan fingerprint density at radius 1 is 1.38 bits per heavy atom. The highest BCUT2D eigenvalue weighted by Crippen LogP contribution is 2.31. The molecule has 2 rings (SSSR count). The van der Waals surface area contributed by atoms with Crippen molar-refractivity contribution in [3.05, 3.63) is 34.6 Å². The number of rotatable bonds is 2. The van der Waals surface area contributed by atoms with Crippen LogP contribution in [0.4, 0.5) is 5.82 Å². The highest BCUT2D eigenvalue weighted by atomic mass is 79.9. The van der Waals surface area contributed by atoms with E-state index < -0.39 is 0 Å². The van der Waals surface area contributed by atoms with Gasteiger partial charge in [-0.3, -0.25) is 0 Å². The van der Waals surface area contributed by atoms with Crippen LogP contribution in [-0.2, 0) is 6.42 Å². The first-order chi connectivity index (χ1) is 7.65. The quantitative estimate of drug-likeness (QED) is 0.829. The normalized spacial score (nSPS) is 10.6. The molecule has 0 bridgehead atoms. The average Bonchev–Trinajstić information content (AvgIpc) is 2.57. The van der Waals surface area contributed by atoms with E-state index in [4.69, 9.17) is 11.6 Å². The molecule has 0 aliphatic heterocycles. The lowest BCUT2D eigenvalue weighted by molar-refractivity contribution is 0.865. The summed E-state index contributed by atoms with van der Waals surface area (Å²) in [6.45, 7) is 1.99. The van der Waals surface area contributed by atoms with E-state index >= 15 is 0 Å². The smallest absolute Gasteiger partial charge is 0.150 e. The molecule has 0 aliphatic rings. The van der Waals surface area contributed by atoms with Crippen LogP contribution >= 0.6 is 15.9 Å². The van der Waals surface area contributed by atoms with Gasteiger partial charge in [0, 0.05) is 16.5 Å². The van der Waals surface area contributed by atoms with Gasteiger partial charge in [0.25, 0.3) is 0 Å². The maximum atomic E-state index is 5.93. The molecule has 2 aromatic rings. The van der Waals surface area contributed by atoms with Crippen molar-refractivity contribution >= 4 is 21.7 Å². The van der Waals surface area contributed by atoms with Gasteiger partial charge in [-0.25, -0.2) is 9.66 Å². The van der Waals surface area contributed by atoms with Gasteiger partial charge < -0.3 is 11.6 Å². The molecule has 0 fully saturated rings. The Morgan fingerprint density at radius 3 is 2.62 bits per heavy atom. The summed E-state index contributed by atoms with van der Waals surface area (Å²) in [5, 5.41) is 0. The molecule has 0 aliphatic carbocycles. The topological polar surface area (TPSA) is 69.9 Å². The zero-order valence-electron chi connectivity index (χ0n) is 8.94. The maximum Gasteiger partial charge on any atom is 0.150 e. The minimum absolute atomic E-state index is 0.490. The molecule has 5 heteroatoms. The largest absolute Gasteiger partial charge is 0.382 e. The fraction of sp³-hybridized carbons (Fsp3) is 0.182. The Kier molecular flexibility index (Phi) is 2.87. The van der Waals surface area contributed by atoms with Gasteiger partial charge in [-0.2, -0.15) is 0 Å². The molecular weight excluding hydrogens is 268 g/mol. The fourth-order valence-electron chi connectivity index (χ4n) is 1.59. The molecule has 4 nitrogen and oxygen atoms in total. The maximum absolute atomic E-state index is 5.93. The number of benzene rings is 1. The second-order valence-corrected chi connectivity index (χ2v) is 4.32. The molecule has 0 atom stereocenters. The fourth-order valence-corrected chi connectivity index (χ4v) is 2.07. The molecule has 0 saturated heterocycles. The summed E-state index contributed by atoms with van der Waals surface area (Å²) >= 11 is 3.48. The summed E-state index contributed by atoms with van der Waals surface area (Å²) in [5.41, 5.74) is 7.62. The van der Waals surface area contributed by atoms with Crippen molar-refractivity contribution in [1.82, 2.24) is 9.66 Å². The predicted octanol–water partition coefficient (Wildman–Crippen LogP) is 2.17. The summed E-state index contributed by atoms with van der Waals surface area (Å²) in [4.78, 5) is 4.44. The van der Waals surface area contributed by atoms with E-state index in [0.29, 0.717) is 5.82 Å². The molecule has 0 radical (unpaired) electrons. The van der Waals surface area contributed by atoms with Gasteiger partial charge in [-0.15, -0.1) is 0 Å². The molecule has 1 aromatic heterocycles. The number of imidazole rings is 1. The Balaban J connectivity index is 2.61. The number of hydrogen-bond donors (Lipinski definition) is 2. The Hall–Kier alpha value is -1.49. The molecule has 84 valence electrons. The van der Waals surface area contributed by atoms with Gasteiger partial charge in [-0.05, 0) is 6.07 Å². The van der Waals surface area contributed by atoms with Crippen molar-refractivity contribution < 1.29 is 0 Å². The molecule has 1 aromatic carbocycles. The summed E-state index contributed by atoms with van der Waals surface area (Å²) in [7, 11) is 0. The van der Waals surface area contributed by atoms with Crippen LogP contribution in [0.15, 0.2) is 28.7 Å². The van der Waals surface area contributed by atoms with Gasteiger partial charge in [0.15, 0.2) is 5.82 Å². The summed E-state index contributed by atoms with van der Waals surface area (Å²) in [5.74, 6) is 7.09.